The number of ether oxygens (including phenoxy) is 1. The van der Waals surface area contributed by atoms with Crippen LogP contribution < -0.4 is 5.32 Å². The summed E-state index contributed by atoms with van der Waals surface area (Å²) in [4.78, 5) is 32.6. The van der Waals surface area contributed by atoms with Crippen molar-refractivity contribution in [2.45, 2.75) is 31.8 Å². The zero-order valence-corrected chi connectivity index (χ0v) is 15.6. The summed E-state index contributed by atoms with van der Waals surface area (Å²) >= 11 is 1.50. The molecular weight excluding hydrogens is 338 g/mol. The Kier molecular flexibility index (Phi) is 6.52. The first-order valence-corrected chi connectivity index (χ1v) is 9.03. The molecule has 6 nitrogen and oxygen atoms in total. The fourth-order valence-corrected chi connectivity index (χ4v) is 2.92. The lowest BCUT2D eigenvalue weighted by Gasteiger charge is -2.10. The lowest BCUT2D eigenvalue weighted by molar-refractivity contribution is -0.116. The van der Waals surface area contributed by atoms with E-state index in [9.17, 15) is 9.59 Å². The van der Waals surface area contributed by atoms with Gasteiger partial charge in [0.2, 0.25) is 5.91 Å². The average molecular weight is 359 g/mol. The van der Waals surface area contributed by atoms with Crippen LogP contribution in [0, 0.1) is 13.8 Å². The van der Waals surface area contributed by atoms with Crippen LogP contribution in [-0.4, -0.2) is 35.2 Å². The predicted octanol–water partition coefficient (Wildman–Crippen LogP) is 3.17. The van der Waals surface area contributed by atoms with Gasteiger partial charge in [0.15, 0.2) is 5.16 Å². The van der Waals surface area contributed by atoms with Crippen LogP contribution in [0.25, 0.3) is 0 Å². The minimum Gasteiger partial charge on any atom is -0.465 e. The molecule has 1 amide bonds. The van der Waals surface area contributed by atoms with E-state index in [4.69, 9.17) is 0 Å². The molecule has 1 N–H and O–H groups in total. The van der Waals surface area contributed by atoms with Gasteiger partial charge >= 0.3 is 5.97 Å². The zero-order valence-electron chi connectivity index (χ0n) is 14.8. The molecule has 0 unspecified atom stereocenters. The number of benzene rings is 1. The molecule has 1 heterocycles. The molecule has 132 valence electrons. The van der Waals surface area contributed by atoms with Gasteiger partial charge in [0.1, 0.15) is 0 Å². The Balaban J connectivity index is 2.01. The fourth-order valence-electron chi connectivity index (χ4n) is 2.47. The van der Waals surface area contributed by atoms with Gasteiger partial charge in [-0.2, -0.15) is 0 Å². The molecule has 0 bridgehead atoms. The highest BCUT2D eigenvalue weighted by molar-refractivity contribution is 7.98. The van der Waals surface area contributed by atoms with E-state index in [-0.39, 0.29) is 5.91 Å². The number of esters is 1. The number of hydrogen-bond donors (Lipinski definition) is 1. The summed E-state index contributed by atoms with van der Waals surface area (Å²) in [6.45, 7) is 3.86. The average Bonchev–Trinajstić information content (AvgIpc) is 2.60. The van der Waals surface area contributed by atoms with E-state index in [1.807, 2.05) is 20.1 Å². The molecule has 0 radical (unpaired) electrons. The number of methoxy groups -OCH3 is 1. The molecule has 1 aromatic heterocycles. The van der Waals surface area contributed by atoms with Crippen LogP contribution in [0.1, 0.15) is 33.7 Å². The third-order valence-corrected chi connectivity index (χ3v) is 4.30. The maximum atomic E-state index is 12.2. The molecule has 0 saturated carbocycles. The van der Waals surface area contributed by atoms with Gasteiger partial charge in [0.25, 0.3) is 0 Å². The summed E-state index contributed by atoms with van der Waals surface area (Å²) in [5, 5.41) is 3.54. The first kappa shape index (κ1) is 18.9. The van der Waals surface area contributed by atoms with E-state index >= 15 is 0 Å². The van der Waals surface area contributed by atoms with Crippen molar-refractivity contribution in [3.05, 3.63) is 46.8 Å². The largest absolute Gasteiger partial charge is 0.465 e. The number of nitrogens with zero attached hydrogens (tertiary/aromatic N) is 2. The number of carbonyl (C=O) groups excluding carboxylic acids is 2. The molecule has 0 aliphatic carbocycles. The van der Waals surface area contributed by atoms with Crippen molar-refractivity contribution in [3.8, 4) is 0 Å². The van der Waals surface area contributed by atoms with Crippen molar-refractivity contribution in [2.24, 2.45) is 0 Å². The van der Waals surface area contributed by atoms with Crippen LogP contribution in [-0.2, 0) is 16.0 Å². The zero-order chi connectivity index (χ0) is 18.4. The topological polar surface area (TPSA) is 81.2 Å². The molecule has 2 aromatic rings. The second kappa shape index (κ2) is 8.62. The quantitative estimate of drug-likeness (QED) is 0.485. The fraction of sp³-hybridized carbons (Fsp3) is 0.333. The van der Waals surface area contributed by atoms with E-state index in [0.717, 1.165) is 22.1 Å². The van der Waals surface area contributed by atoms with Crippen LogP contribution >= 0.6 is 11.8 Å². The van der Waals surface area contributed by atoms with Gasteiger partial charge in [0.05, 0.1) is 12.7 Å². The third-order valence-electron chi connectivity index (χ3n) is 3.75. The molecule has 2 rings (SSSR count). The summed E-state index contributed by atoms with van der Waals surface area (Å²) < 4.78 is 4.68. The lowest BCUT2D eigenvalue weighted by atomic mass is 10.1. The van der Waals surface area contributed by atoms with Crippen molar-refractivity contribution in [1.29, 1.82) is 0 Å². The smallest absolute Gasteiger partial charge is 0.337 e. The third kappa shape index (κ3) is 5.03. The van der Waals surface area contributed by atoms with Crippen LogP contribution in [0.3, 0.4) is 0 Å². The first-order valence-electron chi connectivity index (χ1n) is 7.81. The second-order valence-electron chi connectivity index (χ2n) is 5.48. The Morgan fingerprint density at radius 2 is 1.88 bits per heavy atom. The Labute approximate surface area is 151 Å². The van der Waals surface area contributed by atoms with Crippen molar-refractivity contribution < 1.29 is 14.3 Å². The number of anilines is 1. The van der Waals surface area contributed by atoms with Gasteiger partial charge in [-0.15, -0.1) is 0 Å². The minimum absolute atomic E-state index is 0.130. The summed E-state index contributed by atoms with van der Waals surface area (Å²) in [6.07, 6.45) is 2.81. The number of rotatable bonds is 6. The normalized spacial score (nSPS) is 10.4. The monoisotopic (exact) mass is 359 g/mol. The molecule has 7 heteroatoms. The SMILES string of the molecule is COC(=O)c1cccc(NC(=O)CCc2c(C)nc(SC)nc2C)c1. The highest BCUT2D eigenvalue weighted by atomic mass is 32.2. The Hall–Kier alpha value is -2.41. The highest BCUT2D eigenvalue weighted by Gasteiger charge is 2.12. The van der Waals surface area contributed by atoms with E-state index in [0.29, 0.717) is 24.1 Å². The number of nitrogens with one attached hydrogen (secondary N) is 1. The number of aromatic nitrogens is 2. The standard InChI is InChI=1S/C18H21N3O3S/c1-11-15(12(2)20-18(19-11)25-4)8-9-16(22)21-14-7-5-6-13(10-14)17(23)24-3/h5-7,10H,8-9H2,1-4H3,(H,21,22). The maximum absolute atomic E-state index is 12.2. The van der Waals surface area contributed by atoms with Crippen molar-refractivity contribution in [3.63, 3.8) is 0 Å². The Morgan fingerprint density at radius 3 is 2.48 bits per heavy atom. The molecule has 25 heavy (non-hydrogen) atoms. The molecule has 1 aromatic carbocycles. The Morgan fingerprint density at radius 1 is 1.20 bits per heavy atom. The number of thioether (sulfide) groups is 1. The minimum atomic E-state index is -0.437. The van der Waals surface area contributed by atoms with Crippen molar-refractivity contribution >= 4 is 29.3 Å². The predicted molar refractivity (Wildman–Crippen MR) is 98.0 cm³/mol. The molecular formula is C18H21N3O3S. The lowest BCUT2D eigenvalue weighted by Crippen LogP contribution is -2.14. The van der Waals surface area contributed by atoms with Gasteiger partial charge in [0, 0.05) is 23.5 Å². The van der Waals surface area contributed by atoms with Crippen LogP contribution in [0.4, 0.5) is 5.69 Å². The molecule has 0 fully saturated rings. The molecule has 0 spiro atoms. The van der Waals surface area contributed by atoms with Crippen LogP contribution in [0.15, 0.2) is 29.4 Å². The van der Waals surface area contributed by atoms with Gasteiger partial charge < -0.3 is 10.1 Å². The van der Waals surface area contributed by atoms with E-state index in [2.05, 4.69) is 20.0 Å². The number of amides is 1. The highest BCUT2D eigenvalue weighted by Crippen LogP contribution is 2.18. The van der Waals surface area contributed by atoms with Gasteiger partial charge in [-0.05, 0) is 50.3 Å². The van der Waals surface area contributed by atoms with E-state index < -0.39 is 5.97 Å². The number of carbonyl (C=O) groups is 2. The van der Waals surface area contributed by atoms with Crippen molar-refractivity contribution in [2.75, 3.05) is 18.7 Å². The van der Waals surface area contributed by atoms with Gasteiger partial charge in [-0.1, -0.05) is 17.8 Å². The van der Waals surface area contributed by atoms with Crippen LogP contribution in [0.5, 0.6) is 0 Å². The van der Waals surface area contributed by atoms with E-state index in [1.165, 1.54) is 18.9 Å². The number of aryl methyl sites for hydroxylation is 2. The summed E-state index contributed by atoms with van der Waals surface area (Å²) in [7, 11) is 1.32. The summed E-state index contributed by atoms with van der Waals surface area (Å²) in [6, 6.07) is 6.66. The van der Waals surface area contributed by atoms with Crippen LogP contribution in [0.2, 0.25) is 0 Å². The second-order valence-corrected chi connectivity index (χ2v) is 6.25. The summed E-state index contributed by atoms with van der Waals surface area (Å²) in [5.41, 5.74) is 3.76. The molecule has 0 aliphatic heterocycles. The Bertz CT molecular complexity index is 770. The van der Waals surface area contributed by atoms with Crippen molar-refractivity contribution in [1.82, 2.24) is 9.97 Å². The van der Waals surface area contributed by atoms with Gasteiger partial charge in [-0.25, -0.2) is 14.8 Å². The molecule has 0 aliphatic rings. The maximum Gasteiger partial charge on any atom is 0.337 e. The van der Waals surface area contributed by atoms with Gasteiger partial charge in [-0.3, -0.25) is 4.79 Å². The summed E-state index contributed by atoms with van der Waals surface area (Å²) in [5.74, 6) is -0.567. The first-order chi connectivity index (χ1) is 11.9. The van der Waals surface area contributed by atoms with E-state index in [1.54, 1.807) is 24.3 Å². The number of hydrogen-bond acceptors (Lipinski definition) is 6. The molecule has 0 atom stereocenters. The molecule has 0 saturated heterocycles.